The minimum Gasteiger partial charge on any atom is -0.496 e. The molecule has 3 nitrogen and oxygen atoms in total. The van der Waals surface area contributed by atoms with E-state index in [2.05, 4.69) is 19.6 Å². The summed E-state index contributed by atoms with van der Waals surface area (Å²) in [5.41, 5.74) is 1.97. The molecule has 0 bridgehead atoms. The number of carbonyl (C=O) groups excluding carboxylic acids is 1. The first-order chi connectivity index (χ1) is 7.63. The maximum absolute atomic E-state index is 11.5. The lowest BCUT2D eigenvalue weighted by atomic mass is 10.1. The van der Waals surface area contributed by atoms with E-state index in [-0.39, 0.29) is 11.7 Å². The van der Waals surface area contributed by atoms with E-state index in [4.69, 9.17) is 4.74 Å². The molecule has 1 aromatic carbocycles. The van der Waals surface area contributed by atoms with Crippen LogP contribution in [0.2, 0.25) is 0 Å². The topological polar surface area (TPSA) is 29.5 Å². The second-order valence-corrected chi connectivity index (χ2v) is 3.78. The quantitative estimate of drug-likeness (QED) is 0.816. The number of carbonyl (C=O) groups is 1. The molecule has 0 saturated heterocycles. The van der Waals surface area contributed by atoms with Crippen molar-refractivity contribution in [2.75, 3.05) is 24.8 Å². The van der Waals surface area contributed by atoms with Crippen LogP contribution < -0.4 is 9.64 Å². The number of hydrogen-bond donors (Lipinski definition) is 1. The average Bonchev–Trinajstić information content (AvgIpc) is 2.35. The van der Waals surface area contributed by atoms with E-state index >= 15 is 0 Å². The second-order valence-electron chi connectivity index (χ2n) is 3.46. The van der Waals surface area contributed by atoms with E-state index in [0.29, 0.717) is 0 Å². The van der Waals surface area contributed by atoms with E-state index in [1.165, 1.54) is 0 Å². The molecule has 0 radical (unpaired) electrons. The number of ether oxygens (including phenoxy) is 1. The van der Waals surface area contributed by atoms with E-state index in [1.54, 1.807) is 19.1 Å². The van der Waals surface area contributed by atoms with Gasteiger partial charge >= 0.3 is 0 Å². The van der Waals surface area contributed by atoms with Crippen molar-refractivity contribution in [3.05, 3.63) is 23.8 Å². The molecule has 0 N–H and O–H groups in total. The van der Waals surface area contributed by atoms with Crippen LogP contribution in [0, 0.1) is 0 Å². The van der Waals surface area contributed by atoms with Gasteiger partial charge in [0.25, 0.3) is 0 Å². The Labute approximate surface area is 102 Å². The van der Waals surface area contributed by atoms with Gasteiger partial charge < -0.3 is 9.64 Å². The van der Waals surface area contributed by atoms with Crippen LogP contribution in [0.5, 0.6) is 5.75 Å². The lowest BCUT2D eigenvalue weighted by Gasteiger charge is -2.18. The number of nitrogens with zero attached hydrogens (tertiary/aromatic N) is 1. The van der Waals surface area contributed by atoms with Gasteiger partial charge in [0.1, 0.15) is 5.75 Å². The average molecular weight is 239 g/mol. The molecule has 1 aromatic rings. The fourth-order valence-corrected chi connectivity index (χ4v) is 1.71. The molecule has 88 valence electrons. The summed E-state index contributed by atoms with van der Waals surface area (Å²) < 4.78 is 5.24. The summed E-state index contributed by atoms with van der Waals surface area (Å²) in [5.74, 6) is 1.05. The van der Waals surface area contributed by atoms with E-state index in [1.807, 2.05) is 18.2 Å². The number of methoxy groups -OCH3 is 1. The van der Waals surface area contributed by atoms with Gasteiger partial charge in [0.2, 0.25) is 5.91 Å². The van der Waals surface area contributed by atoms with Crippen molar-refractivity contribution in [3.8, 4) is 5.75 Å². The van der Waals surface area contributed by atoms with Crippen molar-refractivity contribution < 1.29 is 9.53 Å². The van der Waals surface area contributed by atoms with Crippen LogP contribution in [0.25, 0.3) is 0 Å². The Kier molecular flexibility index (Phi) is 4.68. The minimum atomic E-state index is -0.0180. The number of hydrogen-bond acceptors (Lipinski definition) is 3. The molecular formula is C12H17NO2S. The van der Waals surface area contributed by atoms with Crippen molar-refractivity contribution in [2.45, 2.75) is 13.3 Å². The maximum atomic E-state index is 11.5. The lowest BCUT2D eigenvalue weighted by Crippen LogP contribution is -2.27. The van der Waals surface area contributed by atoms with Crippen LogP contribution in [-0.2, 0) is 11.2 Å². The molecule has 1 rings (SSSR count). The Morgan fingerprint density at radius 2 is 2.19 bits per heavy atom. The first-order valence-corrected chi connectivity index (χ1v) is 5.81. The Balaban J connectivity index is 3.03. The Hall–Kier alpha value is -1.16. The molecule has 16 heavy (non-hydrogen) atoms. The van der Waals surface area contributed by atoms with Crippen LogP contribution >= 0.6 is 12.6 Å². The molecule has 1 amide bonds. The molecule has 0 atom stereocenters. The first-order valence-electron chi connectivity index (χ1n) is 5.18. The zero-order valence-corrected chi connectivity index (χ0v) is 10.8. The summed E-state index contributed by atoms with van der Waals surface area (Å²) in [7, 11) is 3.40. The van der Waals surface area contributed by atoms with Crippen LogP contribution in [0.3, 0.4) is 0 Å². The normalized spacial score (nSPS) is 10.0. The van der Waals surface area contributed by atoms with Gasteiger partial charge in [-0.1, -0.05) is 6.92 Å². The van der Waals surface area contributed by atoms with Crippen molar-refractivity contribution in [1.29, 1.82) is 0 Å². The van der Waals surface area contributed by atoms with Crippen LogP contribution in [0.4, 0.5) is 5.69 Å². The number of anilines is 1. The van der Waals surface area contributed by atoms with Gasteiger partial charge in [-0.25, -0.2) is 0 Å². The fraction of sp³-hybridized carbons (Fsp3) is 0.417. The van der Waals surface area contributed by atoms with Gasteiger partial charge in [0, 0.05) is 12.7 Å². The van der Waals surface area contributed by atoms with Crippen LogP contribution in [-0.4, -0.2) is 25.8 Å². The summed E-state index contributed by atoms with van der Waals surface area (Å²) in [6.45, 7) is 2.06. The predicted molar refractivity (Wildman–Crippen MR) is 69.6 cm³/mol. The van der Waals surface area contributed by atoms with Gasteiger partial charge in [0.15, 0.2) is 0 Å². The smallest absolute Gasteiger partial charge is 0.236 e. The third-order valence-electron chi connectivity index (χ3n) is 2.54. The molecular weight excluding hydrogens is 222 g/mol. The molecule has 4 heteroatoms. The maximum Gasteiger partial charge on any atom is 0.236 e. The van der Waals surface area contributed by atoms with Crippen molar-refractivity contribution in [3.63, 3.8) is 0 Å². The number of thiol groups is 1. The summed E-state index contributed by atoms with van der Waals surface area (Å²) in [6, 6.07) is 5.73. The Morgan fingerprint density at radius 1 is 1.50 bits per heavy atom. The molecule has 0 spiro atoms. The number of benzene rings is 1. The van der Waals surface area contributed by atoms with Crippen molar-refractivity contribution in [2.24, 2.45) is 0 Å². The largest absolute Gasteiger partial charge is 0.496 e. The highest BCUT2D eigenvalue weighted by atomic mass is 32.1. The van der Waals surface area contributed by atoms with Gasteiger partial charge in [-0.2, -0.15) is 12.6 Å². The van der Waals surface area contributed by atoms with Gasteiger partial charge in [-0.05, 0) is 30.2 Å². The summed E-state index contributed by atoms with van der Waals surface area (Å²) in [5, 5.41) is 0. The molecule has 0 fully saturated rings. The van der Waals surface area contributed by atoms with Gasteiger partial charge in [-0.3, -0.25) is 4.79 Å². The summed E-state index contributed by atoms with van der Waals surface area (Å²) >= 11 is 3.98. The predicted octanol–water partition coefficient (Wildman–Crippen LogP) is 2.15. The molecule has 0 aliphatic rings. The number of aryl methyl sites for hydroxylation is 1. The summed E-state index contributed by atoms with van der Waals surface area (Å²) in [6.07, 6.45) is 0.875. The molecule has 0 aliphatic carbocycles. The van der Waals surface area contributed by atoms with Crippen molar-refractivity contribution >= 4 is 24.2 Å². The molecule has 0 saturated carbocycles. The van der Waals surface area contributed by atoms with Crippen LogP contribution in [0.1, 0.15) is 12.5 Å². The van der Waals surface area contributed by atoms with E-state index in [0.717, 1.165) is 23.4 Å². The van der Waals surface area contributed by atoms with Crippen LogP contribution in [0.15, 0.2) is 18.2 Å². The highest BCUT2D eigenvalue weighted by Gasteiger charge is 2.10. The molecule has 0 aromatic heterocycles. The third-order valence-corrected chi connectivity index (χ3v) is 2.81. The van der Waals surface area contributed by atoms with Crippen molar-refractivity contribution in [1.82, 2.24) is 0 Å². The van der Waals surface area contributed by atoms with E-state index < -0.39 is 0 Å². The number of amides is 1. The number of rotatable bonds is 4. The monoisotopic (exact) mass is 239 g/mol. The van der Waals surface area contributed by atoms with Gasteiger partial charge in [-0.15, -0.1) is 0 Å². The fourth-order valence-electron chi connectivity index (χ4n) is 1.50. The second kappa shape index (κ2) is 5.80. The van der Waals surface area contributed by atoms with E-state index in [9.17, 15) is 4.79 Å². The summed E-state index contributed by atoms with van der Waals surface area (Å²) in [4.78, 5) is 13.1. The Morgan fingerprint density at radius 3 is 2.69 bits per heavy atom. The molecule has 0 aliphatic heterocycles. The van der Waals surface area contributed by atoms with Gasteiger partial charge in [0.05, 0.1) is 12.9 Å². The lowest BCUT2D eigenvalue weighted by molar-refractivity contribution is -0.115. The zero-order valence-electron chi connectivity index (χ0n) is 9.86. The Bertz CT molecular complexity index is 379. The highest BCUT2D eigenvalue weighted by molar-refractivity contribution is 7.81. The SMILES string of the molecule is CCc1cc(N(C)C(=O)CS)ccc1OC. The molecule has 0 unspecified atom stereocenters. The molecule has 0 heterocycles. The highest BCUT2D eigenvalue weighted by Crippen LogP contribution is 2.24. The standard InChI is InChI=1S/C12H17NO2S/c1-4-9-7-10(5-6-11(9)15-3)13(2)12(14)8-16/h5-7,16H,4,8H2,1-3H3. The first kappa shape index (κ1) is 12.9. The minimum absolute atomic E-state index is 0.0180. The zero-order chi connectivity index (χ0) is 12.1. The third kappa shape index (κ3) is 2.70.